The molecule has 3 N–H and O–H groups in total. The Hall–Kier alpha value is -1.58. The van der Waals surface area contributed by atoms with Crippen LogP contribution in [0.5, 0.6) is 0 Å². The maximum Gasteiger partial charge on any atom is 0.244 e. The largest absolute Gasteiger partial charge is 0.394 e. The number of hydrogen-bond acceptors (Lipinski definition) is 5. The van der Waals surface area contributed by atoms with Crippen molar-refractivity contribution in [3.63, 3.8) is 0 Å². The maximum atomic E-state index is 13.7. The van der Waals surface area contributed by atoms with Crippen molar-refractivity contribution >= 4 is 45.4 Å². The number of alkyl halides is 1. The number of benzene rings is 1. The van der Waals surface area contributed by atoms with Gasteiger partial charge in [0.2, 0.25) is 17.7 Å². The van der Waals surface area contributed by atoms with E-state index in [2.05, 4.69) is 26.6 Å². The van der Waals surface area contributed by atoms with E-state index in [4.69, 9.17) is 0 Å². The normalized spacial score (nSPS) is 34.5. The van der Waals surface area contributed by atoms with Crippen LogP contribution in [0.25, 0.3) is 0 Å². The molecule has 0 aliphatic carbocycles. The highest BCUT2D eigenvalue weighted by Gasteiger charge is 2.76. The number of nitrogens with one attached hydrogen (secondary N) is 2. The van der Waals surface area contributed by atoms with Gasteiger partial charge in [0.05, 0.1) is 29.2 Å². The summed E-state index contributed by atoms with van der Waals surface area (Å²) in [7, 11) is 1.58. The van der Waals surface area contributed by atoms with Gasteiger partial charge in [-0.15, -0.1) is 11.8 Å². The highest BCUT2D eigenvalue weighted by atomic mass is 79.9. The Morgan fingerprint density at radius 1 is 1.32 bits per heavy atom. The van der Waals surface area contributed by atoms with Gasteiger partial charge in [-0.05, 0) is 18.4 Å². The van der Waals surface area contributed by atoms with Crippen LogP contribution in [0.4, 0.5) is 0 Å². The molecule has 3 aliphatic rings. The van der Waals surface area contributed by atoms with Crippen LogP contribution in [-0.2, 0) is 20.9 Å². The second-order valence-electron chi connectivity index (χ2n) is 8.47. The Balaban J connectivity index is 1.70. The summed E-state index contributed by atoms with van der Waals surface area (Å²) in [5.74, 6) is -1.64. The van der Waals surface area contributed by atoms with Crippen LogP contribution < -0.4 is 10.6 Å². The monoisotopic (exact) mass is 509 g/mol. The molecule has 3 fully saturated rings. The van der Waals surface area contributed by atoms with Crippen molar-refractivity contribution in [3.8, 4) is 0 Å². The molecule has 7 atom stereocenters. The number of halogens is 1. The van der Waals surface area contributed by atoms with Gasteiger partial charge < -0.3 is 20.6 Å². The van der Waals surface area contributed by atoms with Crippen LogP contribution in [-0.4, -0.2) is 68.3 Å². The van der Waals surface area contributed by atoms with E-state index >= 15 is 0 Å². The quantitative estimate of drug-likeness (QED) is 0.481. The standard InChI is InChI=1S/C22H28BrN3O4S/c1-3-13(11-27)26-18(20(29)25-10-12-7-5-4-6-8-12)22-9-14(23)17(31-22)15(19(28)24-2)16(22)21(26)30/h4-8,13-18,27H,3,9-11H2,1-2H3,(H,24,28)(H,25,29)/t13-,14?,15-,16-,17-,18?,22?/m0/s1. The van der Waals surface area contributed by atoms with E-state index in [0.29, 0.717) is 19.4 Å². The maximum absolute atomic E-state index is 13.7. The van der Waals surface area contributed by atoms with Gasteiger partial charge in [-0.25, -0.2) is 0 Å². The second kappa shape index (κ2) is 8.75. The molecule has 168 valence electrons. The molecule has 1 aromatic carbocycles. The van der Waals surface area contributed by atoms with Crippen LogP contribution in [0, 0.1) is 11.8 Å². The van der Waals surface area contributed by atoms with Crippen LogP contribution in [0.3, 0.4) is 0 Å². The fourth-order valence-corrected chi connectivity index (χ4v) is 9.12. The van der Waals surface area contributed by atoms with Crippen molar-refractivity contribution in [2.24, 2.45) is 11.8 Å². The van der Waals surface area contributed by atoms with E-state index in [9.17, 15) is 19.5 Å². The number of carbonyl (C=O) groups is 3. The molecule has 3 saturated heterocycles. The fourth-order valence-electron chi connectivity index (χ4n) is 5.52. The minimum absolute atomic E-state index is 0.0439. The molecule has 3 aliphatic heterocycles. The summed E-state index contributed by atoms with van der Waals surface area (Å²) in [6.45, 7) is 2.04. The van der Waals surface area contributed by atoms with Gasteiger partial charge in [-0.1, -0.05) is 53.2 Å². The van der Waals surface area contributed by atoms with Gasteiger partial charge >= 0.3 is 0 Å². The lowest BCUT2D eigenvalue weighted by Crippen LogP contribution is -2.56. The Kier molecular flexibility index (Phi) is 6.38. The molecular formula is C22H28BrN3O4S. The molecule has 4 rings (SSSR count). The van der Waals surface area contributed by atoms with E-state index in [1.165, 1.54) is 0 Å². The zero-order valence-electron chi connectivity index (χ0n) is 17.6. The molecule has 0 radical (unpaired) electrons. The van der Waals surface area contributed by atoms with Gasteiger partial charge in [0, 0.05) is 23.7 Å². The average molecular weight is 510 g/mol. The third-order valence-electron chi connectivity index (χ3n) is 6.91. The number of aliphatic hydroxyl groups excluding tert-OH is 1. The number of carbonyl (C=O) groups excluding carboxylic acids is 3. The van der Waals surface area contributed by atoms with Crippen molar-refractivity contribution in [2.75, 3.05) is 13.7 Å². The molecule has 0 aromatic heterocycles. The first-order chi connectivity index (χ1) is 14.9. The minimum atomic E-state index is -0.726. The molecule has 3 heterocycles. The zero-order valence-corrected chi connectivity index (χ0v) is 20.0. The van der Waals surface area contributed by atoms with Gasteiger partial charge in [0.15, 0.2) is 0 Å². The number of aliphatic hydroxyl groups is 1. The predicted octanol–water partition coefficient (Wildman–Crippen LogP) is 1.28. The van der Waals surface area contributed by atoms with Gasteiger partial charge in [-0.2, -0.15) is 0 Å². The highest BCUT2D eigenvalue weighted by molar-refractivity contribution is 9.09. The Morgan fingerprint density at radius 3 is 2.65 bits per heavy atom. The molecule has 3 unspecified atom stereocenters. The lowest BCUT2D eigenvalue weighted by molar-refractivity contribution is -0.142. The summed E-state index contributed by atoms with van der Waals surface area (Å²) in [6, 6.07) is 8.44. The first kappa shape index (κ1) is 22.6. The van der Waals surface area contributed by atoms with Crippen molar-refractivity contribution in [1.29, 1.82) is 0 Å². The molecule has 2 bridgehead atoms. The molecule has 0 saturated carbocycles. The predicted molar refractivity (Wildman–Crippen MR) is 123 cm³/mol. The van der Waals surface area contributed by atoms with Gasteiger partial charge in [0.25, 0.3) is 0 Å². The number of amides is 3. The molecule has 7 nitrogen and oxygen atoms in total. The molecule has 1 spiro atoms. The third-order valence-corrected chi connectivity index (χ3v) is 10.1. The van der Waals surface area contributed by atoms with E-state index < -0.39 is 28.7 Å². The van der Waals surface area contributed by atoms with Crippen LogP contribution in [0.1, 0.15) is 25.3 Å². The average Bonchev–Trinajstić information content (AvgIpc) is 3.37. The summed E-state index contributed by atoms with van der Waals surface area (Å²) in [6.07, 6.45) is 1.16. The van der Waals surface area contributed by atoms with Crippen molar-refractivity contribution in [2.45, 2.75) is 53.2 Å². The van der Waals surface area contributed by atoms with E-state index in [0.717, 1.165) is 5.56 Å². The Bertz CT molecular complexity index is 868. The lowest BCUT2D eigenvalue weighted by atomic mass is 9.70. The summed E-state index contributed by atoms with van der Waals surface area (Å²) in [5, 5.41) is 15.7. The lowest BCUT2D eigenvalue weighted by Gasteiger charge is -2.37. The van der Waals surface area contributed by atoms with E-state index in [-0.39, 0.29) is 34.4 Å². The molecule has 1 aromatic rings. The zero-order chi connectivity index (χ0) is 22.3. The molecule has 31 heavy (non-hydrogen) atoms. The molecule has 3 amide bonds. The van der Waals surface area contributed by atoms with Crippen molar-refractivity contribution < 1.29 is 19.5 Å². The minimum Gasteiger partial charge on any atom is -0.394 e. The second-order valence-corrected chi connectivity index (χ2v) is 11.2. The number of hydrogen-bond donors (Lipinski definition) is 3. The summed E-state index contributed by atoms with van der Waals surface area (Å²) in [5.41, 5.74) is 0.972. The fraction of sp³-hybridized carbons (Fsp3) is 0.591. The summed E-state index contributed by atoms with van der Waals surface area (Å²) in [4.78, 5) is 41.7. The SMILES string of the molecule is CC[C@@H](CO)N1C(=O)[C@@H]2[C@H](C(=O)NC)[C@H]3SC2(CC3Br)C1C(=O)NCc1ccccc1. The van der Waals surface area contributed by atoms with E-state index in [1.807, 2.05) is 37.3 Å². The third kappa shape index (κ3) is 3.49. The first-order valence-electron chi connectivity index (χ1n) is 10.7. The molecular weight excluding hydrogens is 482 g/mol. The van der Waals surface area contributed by atoms with E-state index in [1.54, 1.807) is 23.7 Å². The summed E-state index contributed by atoms with van der Waals surface area (Å²) < 4.78 is -0.684. The van der Waals surface area contributed by atoms with Gasteiger partial charge in [0.1, 0.15) is 6.04 Å². The number of fused-ring (bicyclic) bond motifs is 1. The number of likely N-dealkylation sites (tertiary alicyclic amines) is 1. The number of thioether (sulfide) groups is 1. The first-order valence-corrected chi connectivity index (χ1v) is 12.5. The highest BCUT2D eigenvalue weighted by Crippen LogP contribution is 2.67. The molecule has 9 heteroatoms. The smallest absolute Gasteiger partial charge is 0.244 e. The van der Waals surface area contributed by atoms with Crippen molar-refractivity contribution in [3.05, 3.63) is 35.9 Å². The Morgan fingerprint density at radius 2 is 2.03 bits per heavy atom. The van der Waals surface area contributed by atoms with Crippen LogP contribution in [0.15, 0.2) is 30.3 Å². The summed E-state index contributed by atoms with van der Waals surface area (Å²) >= 11 is 5.32. The van der Waals surface area contributed by atoms with Crippen LogP contribution in [0.2, 0.25) is 0 Å². The van der Waals surface area contributed by atoms with Gasteiger partial charge in [-0.3, -0.25) is 14.4 Å². The van der Waals surface area contributed by atoms with Crippen molar-refractivity contribution in [1.82, 2.24) is 15.5 Å². The van der Waals surface area contributed by atoms with Crippen LogP contribution >= 0.6 is 27.7 Å². The number of rotatable bonds is 7. The number of nitrogens with zero attached hydrogens (tertiary/aromatic N) is 1. The topological polar surface area (TPSA) is 98.7 Å². The Labute approximate surface area is 194 Å².